The number of thioether (sulfide) groups is 1. The highest BCUT2D eigenvalue weighted by molar-refractivity contribution is 7.99. The van der Waals surface area contributed by atoms with E-state index in [-0.39, 0.29) is 5.82 Å². The molecule has 0 spiro atoms. The van der Waals surface area contributed by atoms with E-state index < -0.39 is 0 Å². The van der Waals surface area contributed by atoms with Gasteiger partial charge in [-0.1, -0.05) is 54.2 Å². The lowest BCUT2D eigenvalue weighted by Crippen LogP contribution is -3.13. The Morgan fingerprint density at radius 2 is 1.70 bits per heavy atom. The molecule has 1 aliphatic heterocycles. The Kier molecular flexibility index (Phi) is 6.78. The number of nitrogens with one attached hydrogen (secondary N) is 1. The van der Waals surface area contributed by atoms with Crippen molar-refractivity contribution in [1.29, 1.82) is 5.26 Å². The van der Waals surface area contributed by atoms with Gasteiger partial charge in [-0.05, 0) is 43.0 Å². The predicted molar refractivity (Wildman–Crippen MR) is 120 cm³/mol. The largest absolute Gasteiger partial charge is 0.334 e. The second kappa shape index (κ2) is 9.88. The molecular formula is C25H25FN3S+. The lowest BCUT2D eigenvalue weighted by atomic mass is 9.99. The van der Waals surface area contributed by atoms with E-state index in [4.69, 9.17) is 4.98 Å². The summed E-state index contributed by atoms with van der Waals surface area (Å²) in [5.41, 5.74) is 4.05. The molecule has 152 valence electrons. The summed E-state index contributed by atoms with van der Waals surface area (Å²) in [7, 11) is 0. The fourth-order valence-electron chi connectivity index (χ4n) is 3.94. The highest BCUT2D eigenvalue weighted by Crippen LogP contribution is 2.34. The summed E-state index contributed by atoms with van der Waals surface area (Å²) in [4.78, 5) is 6.50. The molecule has 1 aliphatic rings. The number of likely N-dealkylation sites (tertiary alicyclic amines) is 1. The van der Waals surface area contributed by atoms with Crippen molar-refractivity contribution >= 4 is 11.8 Å². The number of rotatable bonds is 6. The van der Waals surface area contributed by atoms with E-state index in [1.807, 2.05) is 36.4 Å². The minimum atomic E-state index is -0.284. The molecule has 0 radical (unpaired) electrons. The number of aromatic nitrogens is 1. The van der Waals surface area contributed by atoms with Gasteiger partial charge in [0.25, 0.3) is 0 Å². The molecule has 0 aliphatic carbocycles. The SMILES string of the molecule is N#Cc1c(-c2ccc(F)cc2)cc(-c2ccccc2)nc1SCC[NH+]1CCCCC1. The van der Waals surface area contributed by atoms with Gasteiger partial charge in [0.15, 0.2) is 0 Å². The molecule has 2 heterocycles. The highest BCUT2D eigenvalue weighted by Gasteiger charge is 2.18. The van der Waals surface area contributed by atoms with E-state index in [1.54, 1.807) is 28.8 Å². The Morgan fingerprint density at radius 1 is 0.967 bits per heavy atom. The number of halogens is 1. The first-order valence-electron chi connectivity index (χ1n) is 10.5. The number of hydrogen-bond acceptors (Lipinski definition) is 3. The number of piperidine rings is 1. The van der Waals surface area contributed by atoms with Gasteiger partial charge < -0.3 is 4.90 Å². The summed E-state index contributed by atoms with van der Waals surface area (Å²) in [6.07, 6.45) is 3.96. The van der Waals surface area contributed by atoms with Crippen LogP contribution in [0.4, 0.5) is 4.39 Å². The number of nitriles is 1. The van der Waals surface area contributed by atoms with E-state index in [0.29, 0.717) is 5.56 Å². The standard InChI is InChI=1S/C25H24FN3S/c26-21-11-9-19(10-12-21)22-17-24(20-7-3-1-4-8-20)28-25(23(22)18-27)30-16-15-29-13-5-2-6-14-29/h1,3-4,7-12,17H,2,5-6,13-16H2/p+1. The van der Waals surface area contributed by atoms with E-state index in [1.165, 1.54) is 44.5 Å². The summed E-state index contributed by atoms with van der Waals surface area (Å²) in [5.74, 6) is 0.645. The molecule has 0 saturated carbocycles. The molecule has 0 unspecified atom stereocenters. The maximum atomic E-state index is 13.5. The Morgan fingerprint density at radius 3 is 2.40 bits per heavy atom. The summed E-state index contributed by atoms with van der Waals surface area (Å²) >= 11 is 1.66. The molecule has 1 fully saturated rings. The lowest BCUT2D eigenvalue weighted by Gasteiger charge is -2.23. The van der Waals surface area contributed by atoms with Crippen LogP contribution in [0.25, 0.3) is 22.4 Å². The van der Waals surface area contributed by atoms with Gasteiger partial charge in [0.2, 0.25) is 0 Å². The van der Waals surface area contributed by atoms with Gasteiger partial charge in [-0.15, -0.1) is 0 Å². The van der Waals surface area contributed by atoms with Crippen LogP contribution in [0.5, 0.6) is 0 Å². The van der Waals surface area contributed by atoms with Crippen molar-refractivity contribution in [2.75, 3.05) is 25.4 Å². The van der Waals surface area contributed by atoms with Gasteiger partial charge in [-0.3, -0.25) is 0 Å². The molecule has 3 nitrogen and oxygen atoms in total. The maximum absolute atomic E-state index is 13.5. The molecule has 1 aromatic heterocycles. The molecule has 3 aromatic rings. The fraction of sp³-hybridized carbons (Fsp3) is 0.280. The predicted octanol–water partition coefficient (Wildman–Crippen LogP) is 4.59. The van der Waals surface area contributed by atoms with E-state index in [9.17, 15) is 9.65 Å². The van der Waals surface area contributed by atoms with Crippen LogP contribution in [0.2, 0.25) is 0 Å². The van der Waals surface area contributed by atoms with Crippen LogP contribution in [0.1, 0.15) is 24.8 Å². The maximum Gasteiger partial charge on any atom is 0.123 e. The van der Waals surface area contributed by atoms with E-state index >= 15 is 0 Å². The van der Waals surface area contributed by atoms with Crippen LogP contribution in [0.3, 0.4) is 0 Å². The molecule has 0 amide bonds. The third-order valence-corrected chi connectivity index (χ3v) is 6.55. The van der Waals surface area contributed by atoms with Crippen molar-refractivity contribution < 1.29 is 9.29 Å². The van der Waals surface area contributed by atoms with Crippen LogP contribution in [0, 0.1) is 17.1 Å². The number of benzene rings is 2. The number of nitrogens with zero attached hydrogens (tertiary/aromatic N) is 2. The zero-order chi connectivity index (χ0) is 20.8. The summed E-state index contributed by atoms with van der Waals surface area (Å²) in [6.45, 7) is 3.56. The molecule has 30 heavy (non-hydrogen) atoms. The van der Waals surface area contributed by atoms with Gasteiger partial charge in [0.1, 0.15) is 16.9 Å². The summed E-state index contributed by atoms with van der Waals surface area (Å²) < 4.78 is 13.5. The molecular weight excluding hydrogens is 393 g/mol. The molecule has 2 aromatic carbocycles. The minimum absolute atomic E-state index is 0.284. The Hall–Kier alpha value is -2.68. The monoisotopic (exact) mass is 418 g/mol. The fourth-order valence-corrected chi connectivity index (χ4v) is 4.99. The van der Waals surface area contributed by atoms with Crippen LogP contribution in [0.15, 0.2) is 65.7 Å². The Labute approximate surface area is 181 Å². The van der Waals surface area contributed by atoms with Crippen molar-refractivity contribution in [3.63, 3.8) is 0 Å². The van der Waals surface area contributed by atoms with Crippen molar-refractivity contribution in [1.82, 2.24) is 4.98 Å². The molecule has 0 atom stereocenters. The van der Waals surface area contributed by atoms with Gasteiger partial charge in [0, 0.05) is 16.9 Å². The Balaban J connectivity index is 1.68. The van der Waals surface area contributed by atoms with E-state index in [2.05, 4.69) is 6.07 Å². The third-order valence-electron chi connectivity index (χ3n) is 5.58. The lowest BCUT2D eigenvalue weighted by molar-refractivity contribution is -0.902. The van der Waals surface area contributed by atoms with Crippen LogP contribution in [-0.2, 0) is 0 Å². The number of pyridine rings is 1. The second-order valence-corrected chi connectivity index (χ2v) is 8.71. The molecule has 4 rings (SSSR count). The quantitative estimate of drug-likeness (QED) is 0.596. The minimum Gasteiger partial charge on any atom is -0.334 e. The van der Waals surface area contributed by atoms with E-state index in [0.717, 1.165) is 39.7 Å². The summed E-state index contributed by atoms with van der Waals surface area (Å²) in [5, 5.41) is 10.7. The molecule has 1 saturated heterocycles. The first-order valence-corrected chi connectivity index (χ1v) is 11.5. The zero-order valence-corrected chi connectivity index (χ0v) is 17.7. The molecule has 1 N–H and O–H groups in total. The van der Waals surface area contributed by atoms with Crippen molar-refractivity contribution in [3.05, 3.63) is 72.0 Å². The average Bonchev–Trinajstić information content (AvgIpc) is 2.80. The van der Waals surface area contributed by atoms with Crippen molar-refractivity contribution in [3.8, 4) is 28.5 Å². The van der Waals surface area contributed by atoms with Crippen molar-refractivity contribution in [2.24, 2.45) is 0 Å². The average molecular weight is 419 g/mol. The third kappa shape index (κ3) is 4.89. The van der Waals surface area contributed by atoms with Crippen LogP contribution < -0.4 is 4.90 Å². The van der Waals surface area contributed by atoms with Gasteiger partial charge in [-0.25, -0.2) is 9.37 Å². The van der Waals surface area contributed by atoms with Gasteiger partial charge >= 0.3 is 0 Å². The van der Waals surface area contributed by atoms with Crippen LogP contribution >= 0.6 is 11.8 Å². The zero-order valence-electron chi connectivity index (χ0n) is 16.9. The van der Waals surface area contributed by atoms with Gasteiger partial charge in [0.05, 0.1) is 30.9 Å². The number of quaternary nitrogens is 1. The normalized spacial score (nSPS) is 14.4. The number of hydrogen-bond donors (Lipinski definition) is 1. The van der Waals surface area contributed by atoms with Crippen molar-refractivity contribution in [2.45, 2.75) is 24.3 Å². The van der Waals surface area contributed by atoms with Gasteiger partial charge in [-0.2, -0.15) is 5.26 Å². The smallest absolute Gasteiger partial charge is 0.123 e. The first kappa shape index (κ1) is 20.6. The summed E-state index contributed by atoms with van der Waals surface area (Å²) in [6, 6.07) is 20.6. The molecule has 5 heteroatoms. The first-order chi connectivity index (χ1) is 14.7. The van der Waals surface area contributed by atoms with Crippen LogP contribution in [-0.4, -0.2) is 30.4 Å². The Bertz CT molecular complexity index is 1020. The molecule has 0 bridgehead atoms. The topological polar surface area (TPSA) is 41.1 Å². The highest BCUT2D eigenvalue weighted by atomic mass is 32.2. The second-order valence-electron chi connectivity index (χ2n) is 7.63.